The van der Waals surface area contributed by atoms with Crippen LogP contribution < -0.4 is 0 Å². The number of carbonyl (C=O) groups is 1. The molecule has 13 heteroatoms. The van der Waals surface area contributed by atoms with Gasteiger partial charge in [0.05, 0.1) is 24.1 Å². The molecule has 3 aromatic rings. The van der Waals surface area contributed by atoms with E-state index in [4.69, 9.17) is 0 Å². The third-order valence-corrected chi connectivity index (χ3v) is 4.10. The highest BCUT2D eigenvalue weighted by Gasteiger charge is 2.37. The zero-order valence-corrected chi connectivity index (χ0v) is 16.3. The topological polar surface area (TPSA) is 85.4 Å². The van der Waals surface area contributed by atoms with E-state index in [1.165, 1.54) is 0 Å². The molecular weight excluding hydrogens is 442 g/mol. The largest absolute Gasteiger partial charge is 0.416 e. The minimum Gasteiger partial charge on any atom is -0.271 e. The van der Waals surface area contributed by atoms with Crippen LogP contribution in [0.5, 0.6) is 0 Å². The Hall–Kier alpha value is -3.64. The molecule has 0 N–H and O–H groups in total. The lowest BCUT2D eigenvalue weighted by Gasteiger charge is -2.13. The van der Waals surface area contributed by atoms with E-state index in [1.54, 1.807) is 18.3 Å². The zero-order valence-electron chi connectivity index (χ0n) is 16.3. The number of nitrogens with zero attached hydrogens (tertiary/aromatic N) is 6. The molecule has 0 spiro atoms. The smallest absolute Gasteiger partial charge is 0.271 e. The predicted molar refractivity (Wildman–Crippen MR) is 98.6 cm³/mol. The van der Waals surface area contributed by atoms with Crippen LogP contribution in [-0.2, 0) is 23.7 Å². The number of aromatic nitrogens is 4. The van der Waals surface area contributed by atoms with E-state index in [0.29, 0.717) is 12.1 Å². The van der Waals surface area contributed by atoms with E-state index >= 15 is 0 Å². The Bertz CT molecular complexity index is 1100. The maximum atomic E-state index is 13.0. The standard InChI is InChI=1S/C19H14F6N6O/c1-11-2-3-15(26-9-11)28-29-16(32)4-5-31-10-27-17(30-31)12-6-13(18(20,21)22)8-14(7-12)19(23,24)25/h2-3,6-10H,4-5H2,1H3. The maximum absolute atomic E-state index is 13.0. The van der Waals surface area contributed by atoms with Gasteiger partial charge >= 0.3 is 12.4 Å². The summed E-state index contributed by atoms with van der Waals surface area (Å²) in [5.41, 5.74) is -2.50. The summed E-state index contributed by atoms with van der Waals surface area (Å²) in [6.07, 6.45) is -7.50. The Morgan fingerprint density at radius 3 is 2.22 bits per heavy atom. The molecule has 1 aromatic carbocycles. The molecule has 3 rings (SSSR count). The number of hydrogen-bond acceptors (Lipinski definition) is 5. The monoisotopic (exact) mass is 456 g/mol. The lowest BCUT2D eigenvalue weighted by Crippen LogP contribution is -2.11. The fourth-order valence-corrected chi connectivity index (χ4v) is 2.51. The number of azo groups is 1. The van der Waals surface area contributed by atoms with E-state index in [1.807, 2.05) is 6.92 Å². The molecular formula is C19H14F6N6O. The molecule has 0 aliphatic carbocycles. The predicted octanol–water partition coefficient (Wildman–Crippen LogP) is 5.39. The highest BCUT2D eigenvalue weighted by atomic mass is 19.4. The van der Waals surface area contributed by atoms with Gasteiger partial charge in [-0.1, -0.05) is 6.07 Å². The van der Waals surface area contributed by atoms with Crippen LogP contribution in [-0.4, -0.2) is 25.7 Å². The van der Waals surface area contributed by atoms with Gasteiger partial charge in [-0.05, 0) is 36.8 Å². The fraction of sp³-hybridized carbons (Fsp3) is 0.263. The van der Waals surface area contributed by atoms with Crippen molar-refractivity contribution in [1.29, 1.82) is 0 Å². The number of rotatable bonds is 5. The van der Waals surface area contributed by atoms with Gasteiger partial charge < -0.3 is 0 Å². The molecule has 1 amide bonds. The molecule has 168 valence electrons. The molecule has 7 nitrogen and oxygen atoms in total. The van der Waals surface area contributed by atoms with E-state index in [9.17, 15) is 31.1 Å². The molecule has 0 saturated carbocycles. The molecule has 32 heavy (non-hydrogen) atoms. The second kappa shape index (κ2) is 8.85. The summed E-state index contributed by atoms with van der Waals surface area (Å²) in [7, 11) is 0. The van der Waals surface area contributed by atoms with Crippen molar-refractivity contribution in [3.8, 4) is 11.4 Å². The minimum absolute atomic E-state index is 0.0209. The summed E-state index contributed by atoms with van der Waals surface area (Å²) in [5, 5.41) is 11.0. The summed E-state index contributed by atoms with van der Waals surface area (Å²) >= 11 is 0. The van der Waals surface area contributed by atoms with Crippen molar-refractivity contribution in [2.45, 2.75) is 32.2 Å². The van der Waals surface area contributed by atoms with Crippen molar-refractivity contribution in [2.75, 3.05) is 0 Å². The Balaban J connectivity index is 1.72. The van der Waals surface area contributed by atoms with Crippen molar-refractivity contribution in [3.05, 3.63) is 59.5 Å². The summed E-state index contributed by atoms with van der Waals surface area (Å²) in [6, 6.07) is 4.39. The SMILES string of the molecule is Cc1ccc(N=NC(=O)CCn2cnc(-c3cc(C(F)(F)F)cc(C(F)(F)F)c3)n2)nc1. The van der Waals surface area contributed by atoms with E-state index in [-0.39, 0.29) is 30.7 Å². The summed E-state index contributed by atoms with van der Waals surface area (Å²) < 4.78 is 79.2. The Morgan fingerprint density at radius 2 is 1.66 bits per heavy atom. The van der Waals surface area contributed by atoms with Crippen molar-refractivity contribution >= 4 is 11.7 Å². The van der Waals surface area contributed by atoms with E-state index < -0.39 is 35.0 Å². The van der Waals surface area contributed by atoms with Gasteiger partial charge in [0, 0.05) is 11.8 Å². The van der Waals surface area contributed by atoms with Crippen LogP contribution in [0.1, 0.15) is 23.1 Å². The fourth-order valence-electron chi connectivity index (χ4n) is 2.51. The van der Waals surface area contributed by atoms with Crippen LogP contribution in [0, 0.1) is 6.92 Å². The normalized spacial score (nSPS) is 12.5. The molecule has 2 heterocycles. The van der Waals surface area contributed by atoms with Gasteiger partial charge in [-0.15, -0.1) is 10.2 Å². The number of hydrogen-bond donors (Lipinski definition) is 0. The highest BCUT2D eigenvalue weighted by molar-refractivity contribution is 5.76. The first-order valence-corrected chi connectivity index (χ1v) is 8.98. The van der Waals surface area contributed by atoms with Crippen LogP contribution in [0.15, 0.2) is 53.1 Å². The number of benzene rings is 1. The first-order chi connectivity index (χ1) is 14.9. The first-order valence-electron chi connectivity index (χ1n) is 8.98. The second-order valence-corrected chi connectivity index (χ2v) is 6.66. The average molecular weight is 456 g/mol. The van der Waals surface area contributed by atoms with Gasteiger partial charge in [-0.2, -0.15) is 31.4 Å². The van der Waals surface area contributed by atoms with Crippen molar-refractivity contribution in [3.63, 3.8) is 0 Å². The molecule has 0 aliphatic heterocycles. The van der Waals surface area contributed by atoms with Gasteiger partial charge in [0.1, 0.15) is 6.33 Å². The van der Waals surface area contributed by atoms with Gasteiger partial charge in [0.25, 0.3) is 5.91 Å². The first kappa shape index (κ1) is 23.0. The van der Waals surface area contributed by atoms with Crippen LogP contribution in [0.3, 0.4) is 0 Å². The molecule has 0 unspecified atom stereocenters. The molecule has 0 bridgehead atoms. The third kappa shape index (κ3) is 5.95. The minimum atomic E-state index is -4.98. The third-order valence-electron chi connectivity index (χ3n) is 4.10. The van der Waals surface area contributed by atoms with Gasteiger partial charge in [-0.3, -0.25) is 9.48 Å². The molecule has 0 atom stereocenters. The second-order valence-electron chi connectivity index (χ2n) is 6.66. The number of pyridine rings is 1. The van der Waals surface area contributed by atoms with Crippen LogP contribution >= 0.6 is 0 Å². The molecule has 0 saturated heterocycles. The Kier molecular flexibility index (Phi) is 6.37. The van der Waals surface area contributed by atoms with Gasteiger partial charge in [0.2, 0.25) is 0 Å². The quantitative estimate of drug-likeness (QED) is 0.381. The number of aryl methyl sites for hydroxylation is 2. The van der Waals surface area contributed by atoms with Crippen LogP contribution in [0.4, 0.5) is 32.2 Å². The zero-order chi connectivity index (χ0) is 23.5. The van der Waals surface area contributed by atoms with E-state index in [2.05, 4.69) is 25.3 Å². The van der Waals surface area contributed by atoms with Gasteiger partial charge in [0.15, 0.2) is 11.6 Å². The number of carbonyl (C=O) groups excluding carboxylic acids is 1. The van der Waals surface area contributed by atoms with Gasteiger partial charge in [-0.25, -0.2) is 9.97 Å². The Labute approximate surface area is 176 Å². The van der Waals surface area contributed by atoms with Crippen molar-refractivity contribution < 1.29 is 31.1 Å². The lowest BCUT2D eigenvalue weighted by molar-refractivity contribution is -0.143. The number of halogens is 6. The van der Waals surface area contributed by atoms with Crippen molar-refractivity contribution in [2.24, 2.45) is 10.2 Å². The average Bonchev–Trinajstić information content (AvgIpc) is 3.19. The number of amides is 1. The Morgan fingerprint density at radius 1 is 1.00 bits per heavy atom. The van der Waals surface area contributed by atoms with E-state index in [0.717, 1.165) is 16.6 Å². The van der Waals surface area contributed by atoms with Crippen LogP contribution in [0.25, 0.3) is 11.4 Å². The number of alkyl halides is 6. The summed E-state index contributed by atoms with van der Waals surface area (Å²) in [4.78, 5) is 19.6. The maximum Gasteiger partial charge on any atom is 0.416 e. The van der Waals surface area contributed by atoms with Crippen molar-refractivity contribution in [1.82, 2.24) is 19.7 Å². The molecule has 2 aromatic heterocycles. The summed E-state index contributed by atoms with van der Waals surface area (Å²) in [5.74, 6) is -0.737. The lowest BCUT2D eigenvalue weighted by atomic mass is 10.0. The molecule has 0 aliphatic rings. The van der Waals surface area contributed by atoms with Crippen LogP contribution in [0.2, 0.25) is 0 Å². The molecule has 0 radical (unpaired) electrons. The molecule has 0 fully saturated rings. The summed E-state index contributed by atoms with van der Waals surface area (Å²) in [6.45, 7) is 1.77. The highest BCUT2D eigenvalue weighted by Crippen LogP contribution is 2.38.